The molecule has 1 heterocycles. The maximum Gasteiger partial charge on any atom is 0.273 e. The van der Waals surface area contributed by atoms with Crippen LogP contribution in [0.2, 0.25) is 0 Å². The van der Waals surface area contributed by atoms with Crippen molar-refractivity contribution in [2.45, 2.75) is 18.9 Å². The van der Waals surface area contributed by atoms with Crippen molar-refractivity contribution < 1.29 is 19.0 Å². The fourth-order valence-electron chi connectivity index (χ4n) is 2.84. The number of hydrazine groups is 1. The van der Waals surface area contributed by atoms with Crippen LogP contribution in [-0.2, 0) is 4.74 Å². The van der Waals surface area contributed by atoms with Crippen LogP contribution in [0.5, 0.6) is 11.5 Å². The molecule has 1 saturated heterocycles. The molecule has 3 N–H and O–H groups in total. The zero-order valence-electron chi connectivity index (χ0n) is 16.1. The van der Waals surface area contributed by atoms with Crippen LogP contribution in [0.15, 0.2) is 54.6 Å². The van der Waals surface area contributed by atoms with Gasteiger partial charge in [-0.25, -0.2) is 0 Å². The van der Waals surface area contributed by atoms with E-state index in [-0.39, 0.29) is 12.0 Å². The van der Waals surface area contributed by atoms with E-state index >= 15 is 0 Å². The fourth-order valence-corrected chi connectivity index (χ4v) is 2.98. The summed E-state index contributed by atoms with van der Waals surface area (Å²) in [5, 5.41) is 3.37. The van der Waals surface area contributed by atoms with E-state index < -0.39 is 0 Å². The predicted octanol–water partition coefficient (Wildman–Crippen LogP) is 2.43. The largest absolute Gasteiger partial charge is 0.490 e. The summed E-state index contributed by atoms with van der Waals surface area (Å²) in [6.45, 7) is 2.09. The predicted molar refractivity (Wildman–Crippen MR) is 114 cm³/mol. The van der Waals surface area contributed by atoms with Crippen LogP contribution < -0.4 is 25.6 Å². The Labute approximate surface area is 175 Å². The zero-order valence-corrected chi connectivity index (χ0v) is 16.9. The summed E-state index contributed by atoms with van der Waals surface area (Å²) in [5.41, 5.74) is 5.70. The highest BCUT2D eigenvalue weighted by Gasteiger charge is 2.16. The first-order valence-electron chi connectivity index (χ1n) is 9.58. The Morgan fingerprint density at radius 3 is 2.59 bits per heavy atom. The van der Waals surface area contributed by atoms with Crippen molar-refractivity contribution in [1.82, 2.24) is 16.2 Å². The van der Waals surface area contributed by atoms with Gasteiger partial charge in [-0.05, 0) is 49.3 Å². The van der Waals surface area contributed by atoms with Crippen molar-refractivity contribution in [3.63, 3.8) is 0 Å². The first-order chi connectivity index (χ1) is 14.2. The number of hydrogen-bond donors (Lipinski definition) is 3. The lowest BCUT2D eigenvalue weighted by atomic mass is 10.2. The number of carbonyl (C=O) groups is 1. The van der Waals surface area contributed by atoms with Crippen molar-refractivity contribution in [1.29, 1.82) is 0 Å². The van der Waals surface area contributed by atoms with Gasteiger partial charge in [0.1, 0.15) is 24.7 Å². The highest BCUT2D eigenvalue weighted by Crippen LogP contribution is 2.18. The lowest BCUT2D eigenvalue weighted by Crippen LogP contribution is -2.48. The summed E-state index contributed by atoms with van der Waals surface area (Å²) in [7, 11) is 0. The van der Waals surface area contributed by atoms with Crippen molar-refractivity contribution in [2.75, 3.05) is 26.4 Å². The van der Waals surface area contributed by atoms with E-state index in [1.807, 2.05) is 36.4 Å². The normalized spacial score (nSPS) is 15.4. The maximum absolute atomic E-state index is 12.5. The third kappa shape index (κ3) is 6.92. The lowest BCUT2D eigenvalue weighted by molar-refractivity contribution is 0.0938. The number of hydrogen-bond acceptors (Lipinski definition) is 5. The van der Waals surface area contributed by atoms with E-state index in [0.717, 1.165) is 25.2 Å². The van der Waals surface area contributed by atoms with Crippen molar-refractivity contribution >= 4 is 23.2 Å². The van der Waals surface area contributed by atoms with Gasteiger partial charge < -0.3 is 19.5 Å². The number of nitrogens with one attached hydrogen (secondary N) is 3. The molecule has 1 amide bonds. The van der Waals surface area contributed by atoms with Crippen molar-refractivity contribution in [3.05, 3.63) is 60.2 Å². The van der Waals surface area contributed by atoms with E-state index in [2.05, 4.69) is 16.2 Å². The average Bonchev–Trinajstić information content (AvgIpc) is 3.28. The van der Waals surface area contributed by atoms with Crippen molar-refractivity contribution in [2.24, 2.45) is 0 Å². The van der Waals surface area contributed by atoms with E-state index in [4.69, 9.17) is 26.4 Å². The second kappa shape index (κ2) is 11.2. The minimum atomic E-state index is -0.342. The Kier molecular flexibility index (Phi) is 8.09. The van der Waals surface area contributed by atoms with Gasteiger partial charge in [-0.1, -0.05) is 30.3 Å². The molecule has 2 aromatic carbocycles. The molecule has 1 aliphatic heterocycles. The summed E-state index contributed by atoms with van der Waals surface area (Å²) >= 11 is 5.18. The van der Waals surface area contributed by atoms with Crippen molar-refractivity contribution in [3.8, 4) is 11.5 Å². The highest BCUT2D eigenvalue weighted by molar-refractivity contribution is 7.80. The molecule has 0 aliphatic carbocycles. The number of rotatable bonds is 8. The minimum Gasteiger partial charge on any atom is -0.490 e. The first kappa shape index (κ1) is 20.9. The van der Waals surface area contributed by atoms with Gasteiger partial charge in [0.25, 0.3) is 5.91 Å². The molecule has 3 rings (SSSR count). The molecule has 8 heteroatoms. The summed E-state index contributed by atoms with van der Waals surface area (Å²) < 4.78 is 16.9. The van der Waals surface area contributed by atoms with Gasteiger partial charge in [-0.2, -0.15) is 0 Å². The SMILES string of the molecule is O=C(NNC(=S)NC[C@@H]1CCCO1)c1ccccc1OCCOc1ccccc1. The Balaban J connectivity index is 1.42. The molecule has 1 atom stereocenters. The standard InChI is InChI=1S/C21H25N3O4S/c25-20(23-24-21(29)22-15-17-9-6-12-26-17)18-10-4-5-11-19(18)28-14-13-27-16-7-2-1-3-8-16/h1-5,7-8,10-11,17H,6,9,12-15H2,(H,23,25)(H2,22,24,29)/t17-/m0/s1. The third-order valence-corrected chi connectivity index (χ3v) is 4.53. The van der Waals surface area contributed by atoms with Gasteiger partial charge in [0.2, 0.25) is 0 Å². The molecule has 7 nitrogen and oxygen atoms in total. The molecule has 0 radical (unpaired) electrons. The van der Waals surface area contributed by atoms with Crippen LogP contribution >= 0.6 is 12.2 Å². The quantitative estimate of drug-likeness (QED) is 0.347. The van der Waals surface area contributed by atoms with E-state index in [1.165, 1.54) is 0 Å². The molecular weight excluding hydrogens is 390 g/mol. The molecule has 1 fully saturated rings. The molecule has 2 aromatic rings. The summed E-state index contributed by atoms with van der Waals surface area (Å²) in [5.74, 6) is 0.905. The molecule has 0 spiro atoms. The third-order valence-electron chi connectivity index (χ3n) is 4.29. The van der Waals surface area contributed by atoms with E-state index in [9.17, 15) is 4.79 Å². The minimum absolute atomic E-state index is 0.165. The Hall–Kier alpha value is -2.84. The van der Waals surface area contributed by atoms with Crippen LogP contribution in [0.4, 0.5) is 0 Å². The molecule has 0 bridgehead atoms. The van der Waals surface area contributed by atoms with Crippen LogP contribution in [0, 0.1) is 0 Å². The molecule has 0 saturated carbocycles. The van der Waals surface area contributed by atoms with Crippen LogP contribution in [0.3, 0.4) is 0 Å². The lowest BCUT2D eigenvalue weighted by Gasteiger charge is -2.15. The fraction of sp³-hybridized carbons (Fsp3) is 0.333. The second-order valence-corrected chi connectivity index (χ2v) is 6.84. The number of thiocarbonyl (C=S) groups is 1. The Morgan fingerprint density at radius 1 is 1.03 bits per heavy atom. The molecule has 0 aromatic heterocycles. The number of amides is 1. The topological polar surface area (TPSA) is 80.9 Å². The first-order valence-corrected chi connectivity index (χ1v) is 9.98. The van der Waals surface area contributed by atoms with Gasteiger partial charge in [0.15, 0.2) is 5.11 Å². The van der Waals surface area contributed by atoms with Gasteiger partial charge in [0.05, 0.1) is 11.7 Å². The molecular formula is C21H25N3O4S. The zero-order chi connectivity index (χ0) is 20.3. The van der Waals surface area contributed by atoms with Gasteiger partial charge >= 0.3 is 0 Å². The van der Waals surface area contributed by atoms with Crippen LogP contribution in [-0.4, -0.2) is 43.5 Å². The highest BCUT2D eigenvalue weighted by atomic mass is 32.1. The number of benzene rings is 2. The number of para-hydroxylation sites is 2. The number of ether oxygens (including phenoxy) is 3. The second-order valence-electron chi connectivity index (χ2n) is 6.43. The Morgan fingerprint density at radius 2 is 1.79 bits per heavy atom. The maximum atomic E-state index is 12.5. The van der Waals surface area contributed by atoms with Crippen LogP contribution in [0.25, 0.3) is 0 Å². The summed E-state index contributed by atoms with van der Waals surface area (Å²) in [4.78, 5) is 12.5. The number of carbonyl (C=O) groups excluding carboxylic acids is 1. The smallest absolute Gasteiger partial charge is 0.273 e. The molecule has 1 aliphatic rings. The van der Waals surface area contributed by atoms with Gasteiger partial charge in [0, 0.05) is 13.2 Å². The van der Waals surface area contributed by atoms with E-state index in [1.54, 1.807) is 18.2 Å². The monoisotopic (exact) mass is 415 g/mol. The molecule has 29 heavy (non-hydrogen) atoms. The van der Waals surface area contributed by atoms with E-state index in [0.29, 0.717) is 36.2 Å². The van der Waals surface area contributed by atoms with Gasteiger partial charge in [-0.15, -0.1) is 0 Å². The average molecular weight is 416 g/mol. The van der Waals surface area contributed by atoms with Gasteiger partial charge in [-0.3, -0.25) is 15.6 Å². The van der Waals surface area contributed by atoms with Crippen LogP contribution in [0.1, 0.15) is 23.2 Å². The molecule has 154 valence electrons. The summed E-state index contributed by atoms with van der Waals surface area (Å²) in [6, 6.07) is 16.5. The Bertz CT molecular complexity index is 798. The molecule has 0 unspecified atom stereocenters. The summed E-state index contributed by atoms with van der Waals surface area (Å²) in [6.07, 6.45) is 2.24.